The minimum atomic E-state index is 0.477. The van der Waals surface area contributed by atoms with Crippen molar-refractivity contribution in [1.82, 2.24) is 15.0 Å². The summed E-state index contributed by atoms with van der Waals surface area (Å²) in [6.45, 7) is 2.70. The lowest BCUT2D eigenvalue weighted by Gasteiger charge is -2.18. The first-order chi connectivity index (χ1) is 8.69. The number of hydrogen-bond donors (Lipinski definition) is 0. The van der Waals surface area contributed by atoms with Crippen molar-refractivity contribution in [3.05, 3.63) is 47.1 Å². The molecule has 0 aliphatic rings. The number of rotatable bonds is 4. The van der Waals surface area contributed by atoms with E-state index in [9.17, 15) is 0 Å². The smallest absolute Gasteiger partial charge is 0.134 e. The van der Waals surface area contributed by atoms with Gasteiger partial charge in [-0.25, -0.2) is 9.97 Å². The van der Waals surface area contributed by atoms with E-state index in [2.05, 4.69) is 15.0 Å². The zero-order valence-corrected chi connectivity index (χ0v) is 11.2. The molecule has 0 aliphatic carbocycles. The van der Waals surface area contributed by atoms with Crippen LogP contribution in [-0.2, 0) is 13.0 Å². The molecule has 5 heteroatoms. The number of halogens is 1. The van der Waals surface area contributed by atoms with E-state index in [-0.39, 0.29) is 0 Å². The highest BCUT2D eigenvalue weighted by Gasteiger charge is 2.07. The lowest BCUT2D eigenvalue weighted by atomic mass is 10.3. The molecule has 0 aliphatic heterocycles. The molecule has 4 nitrogen and oxygen atoms in total. The van der Waals surface area contributed by atoms with Crippen molar-refractivity contribution in [3.63, 3.8) is 0 Å². The third-order valence-corrected chi connectivity index (χ3v) is 2.75. The second-order valence-electron chi connectivity index (χ2n) is 4.00. The van der Waals surface area contributed by atoms with Gasteiger partial charge < -0.3 is 4.90 Å². The first kappa shape index (κ1) is 12.8. The van der Waals surface area contributed by atoms with E-state index in [1.807, 2.05) is 37.1 Å². The summed E-state index contributed by atoms with van der Waals surface area (Å²) < 4.78 is 0. The first-order valence-electron chi connectivity index (χ1n) is 5.83. The number of pyridine rings is 1. The molecular weight excluding hydrogens is 248 g/mol. The molecule has 0 amide bonds. The van der Waals surface area contributed by atoms with E-state index in [4.69, 9.17) is 11.6 Å². The SMILES string of the molecule is CCc1nc(Cl)cc(N(C)Cc2ccccn2)n1. The van der Waals surface area contributed by atoms with Crippen LogP contribution in [0.3, 0.4) is 0 Å². The van der Waals surface area contributed by atoms with Crippen molar-refractivity contribution in [3.8, 4) is 0 Å². The molecule has 0 saturated heterocycles. The van der Waals surface area contributed by atoms with Crippen LogP contribution < -0.4 is 4.90 Å². The highest BCUT2D eigenvalue weighted by molar-refractivity contribution is 6.29. The summed E-state index contributed by atoms with van der Waals surface area (Å²) in [6, 6.07) is 7.63. The molecule has 0 atom stereocenters. The van der Waals surface area contributed by atoms with Crippen molar-refractivity contribution in [2.45, 2.75) is 19.9 Å². The average Bonchev–Trinajstić information content (AvgIpc) is 2.39. The topological polar surface area (TPSA) is 41.9 Å². The fraction of sp³-hybridized carbons (Fsp3) is 0.308. The predicted octanol–water partition coefficient (Wildman–Crippen LogP) is 2.72. The molecule has 0 spiro atoms. The summed E-state index contributed by atoms with van der Waals surface area (Å²) >= 11 is 5.98. The van der Waals surface area contributed by atoms with Gasteiger partial charge in [-0.05, 0) is 12.1 Å². The van der Waals surface area contributed by atoms with Gasteiger partial charge in [0.2, 0.25) is 0 Å². The van der Waals surface area contributed by atoms with Gasteiger partial charge in [0.15, 0.2) is 0 Å². The minimum absolute atomic E-state index is 0.477. The van der Waals surface area contributed by atoms with Gasteiger partial charge >= 0.3 is 0 Å². The molecule has 18 heavy (non-hydrogen) atoms. The lowest BCUT2D eigenvalue weighted by molar-refractivity contribution is 0.839. The summed E-state index contributed by atoms with van der Waals surface area (Å²) in [5, 5.41) is 0.477. The number of hydrogen-bond acceptors (Lipinski definition) is 4. The normalized spacial score (nSPS) is 10.4. The van der Waals surface area contributed by atoms with Gasteiger partial charge in [-0.15, -0.1) is 0 Å². The Bertz CT molecular complexity index is 516. The van der Waals surface area contributed by atoms with Crippen LogP contribution in [0, 0.1) is 0 Å². The molecule has 0 N–H and O–H groups in total. The summed E-state index contributed by atoms with van der Waals surface area (Å²) in [5.74, 6) is 1.57. The van der Waals surface area contributed by atoms with Crippen LogP contribution in [0.25, 0.3) is 0 Å². The van der Waals surface area contributed by atoms with Gasteiger partial charge in [-0.2, -0.15) is 0 Å². The second kappa shape index (κ2) is 5.78. The summed E-state index contributed by atoms with van der Waals surface area (Å²) in [4.78, 5) is 14.9. The molecule has 0 radical (unpaired) electrons. The molecule has 94 valence electrons. The second-order valence-corrected chi connectivity index (χ2v) is 4.38. The highest BCUT2D eigenvalue weighted by atomic mass is 35.5. The fourth-order valence-electron chi connectivity index (χ4n) is 1.62. The van der Waals surface area contributed by atoms with Crippen molar-refractivity contribution < 1.29 is 0 Å². The maximum absolute atomic E-state index is 5.98. The molecule has 0 saturated carbocycles. The zero-order valence-electron chi connectivity index (χ0n) is 10.5. The van der Waals surface area contributed by atoms with Crippen LogP contribution in [0.1, 0.15) is 18.4 Å². The molecular formula is C13H15ClN4. The van der Waals surface area contributed by atoms with E-state index in [1.54, 1.807) is 12.3 Å². The average molecular weight is 263 g/mol. The Hall–Kier alpha value is -1.68. The largest absolute Gasteiger partial charge is 0.354 e. The minimum Gasteiger partial charge on any atom is -0.354 e. The number of nitrogens with zero attached hydrogens (tertiary/aromatic N) is 4. The number of aromatic nitrogens is 3. The number of anilines is 1. The number of aryl methyl sites for hydroxylation is 1. The standard InChI is InChI=1S/C13H15ClN4/c1-3-12-16-11(14)8-13(17-12)18(2)9-10-6-4-5-7-15-10/h4-8H,3,9H2,1-2H3. The van der Waals surface area contributed by atoms with E-state index < -0.39 is 0 Å². The quantitative estimate of drug-likeness (QED) is 0.795. The highest BCUT2D eigenvalue weighted by Crippen LogP contribution is 2.16. The van der Waals surface area contributed by atoms with Gasteiger partial charge in [-0.3, -0.25) is 4.98 Å². The van der Waals surface area contributed by atoms with Crippen molar-refractivity contribution in [2.75, 3.05) is 11.9 Å². The molecule has 2 rings (SSSR count). The third-order valence-electron chi connectivity index (χ3n) is 2.56. The van der Waals surface area contributed by atoms with Crippen molar-refractivity contribution >= 4 is 17.4 Å². The molecule has 2 heterocycles. The van der Waals surface area contributed by atoms with Crippen LogP contribution in [-0.4, -0.2) is 22.0 Å². The van der Waals surface area contributed by atoms with Crippen LogP contribution in [0.4, 0.5) is 5.82 Å². The zero-order chi connectivity index (χ0) is 13.0. The lowest BCUT2D eigenvalue weighted by Crippen LogP contribution is -2.19. The van der Waals surface area contributed by atoms with E-state index >= 15 is 0 Å². The Morgan fingerprint density at radius 3 is 2.78 bits per heavy atom. The van der Waals surface area contributed by atoms with Crippen LogP contribution in [0.5, 0.6) is 0 Å². The molecule has 0 bridgehead atoms. The summed E-state index contributed by atoms with van der Waals surface area (Å²) in [6.07, 6.45) is 2.55. The monoisotopic (exact) mass is 262 g/mol. The van der Waals surface area contributed by atoms with Gasteiger partial charge in [-0.1, -0.05) is 24.6 Å². The molecule has 0 unspecified atom stereocenters. The third kappa shape index (κ3) is 3.17. The van der Waals surface area contributed by atoms with Gasteiger partial charge in [0.25, 0.3) is 0 Å². The maximum Gasteiger partial charge on any atom is 0.134 e. The molecule has 0 fully saturated rings. The molecule has 2 aromatic heterocycles. The van der Waals surface area contributed by atoms with E-state index in [0.29, 0.717) is 11.7 Å². The van der Waals surface area contributed by atoms with Crippen molar-refractivity contribution in [2.24, 2.45) is 0 Å². The van der Waals surface area contributed by atoms with Crippen LogP contribution in [0.2, 0.25) is 5.15 Å². The molecule has 2 aromatic rings. The van der Waals surface area contributed by atoms with E-state index in [0.717, 1.165) is 23.8 Å². The first-order valence-corrected chi connectivity index (χ1v) is 6.21. The van der Waals surface area contributed by atoms with Crippen LogP contribution in [0.15, 0.2) is 30.5 Å². The Kier molecular flexibility index (Phi) is 4.10. The van der Waals surface area contributed by atoms with Gasteiger partial charge in [0.05, 0.1) is 12.2 Å². The Morgan fingerprint density at radius 2 is 2.11 bits per heavy atom. The maximum atomic E-state index is 5.98. The fourth-order valence-corrected chi connectivity index (χ4v) is 1.82. The Morgan fingerprint density at radius 1 is 1.28 bits per heavy atom. The van der Waals surface area contributed by atoms with Gasteiger partial charge in [0.1, 0.15) is 16.8 Å². The van der Waals surface area contributed by atoms with E-state index in [1.165, 1.54) is 0 Å². The summed E-state index contributed by atoms with van der Waals surface area (Å²) in [7, 11) is 1.97. The predicted molar refractivity (Wildman–Crippen MR) is 72.8 cm³/mol. The summed E-state index contributed by atoms with van der Waals surface area (Å²) in [5.41, 5.74) is 0.993. The Labute approximate surface area is 112 Å². The molecule has 0 aromatic carbocycles. The van der Waals surface area contributed by atoms with Crippen LogP contribution >= 0.6 is 11.6 Å². The van der Waals surface area contributed by atoms with Gasteiger partial charge in [0, 0.05) is 25.7 Å². The van der Waals surface area contributed by atoms with Crippen molar-refractivity contribution in [1.29, 1.82) is 0 Å². The Balaban J connectivity index is 2.18.